The monoisotopic (exact) mass is 301 g/mol. The molecule has 4 heteroatoms. The van der Waals surface area contributed by atoms with Gasteiger partial charge in [-0.05, 0) is 43.4 Å². The Bertz CT molecular complexity index is 538. The molecule has 0 spiro atoms. The van der Waals surface area contributed by atoms with Crippen molar-refractivity contribution in [3.63, 3.8) is 0 Å². The van der Waals surface area contributed by atoms with Crippen LogP contribution in [0.3, 0.4) is 0 Å². The Hall–Kier alpha value is -1.32. The van der Waals surface area contributed by atoms with Gasteiger partial charge >= 0.3 is 0 Å². The van der Waals surface area contributed by atoms with Crippen LogP contribution in [-0.2, 0) is 17.6 Å². The van der Waals surface area contributed by atoms with E-state index in [9.17, 15) is 4.79 Å². The zero-order valence-electron chi connectivity index (χ0n) is 13.3. The summed E-state index contributed by atoms with van der Waals surface area (Å²) in [5.41, 5.74) is 2.40. The first kappa shape index (κ1) is 14.3. The highest BCUT2D eigenvalue weighted by Crippen LogP contribution is 2.45. The van der Waals surface area contributed by atoms with Gasteiger partial charge in [-0.3, -0.25) is 4.79 Å². The minimum Gasteiger partial charge on any atom is -0.353 e. The number of nitrogens with zero attached hydrogens (tertiary/aromatic N) is 1. The molecule has 1 amide bonds. The predicted molar refractivity (Wildman–Crippen MR) is 85.3 cm³/mol. The molecule has 1 heterocycles. The van der Waals surface area contributed by atoms with Gasteiger partial charge in [0.25, 0.3) is 0 Å². The number of nitrogens with one attached hydrogen (secondary N) is 2. The summed E-state index contributed by atoms with van der Waals surface area (Å²) in [5.74, 6) is 2.66. The van der Waals surface area contributed by atoms with Gasteiger partial charge in [-0.25, -0.2) is 4.98 Å². The highest BCUT2D eigenvalue weighted by Gasteiger charge is 2.36. The molecule has 4 atom stereocenters. The molecule has 3 aliphatic carbocycles. The van der Waals surface area contributed by atoms with Crippen LogP contribution in [0.15, 0.2) is 6.33 Å². The van der Waals surface area contributed by atoms with E-state index >= 15 is 0 Å². The zero-order chi connectivity index (χ0) is 14.9. The molecule has 22 heavy (non-hydrogen) atoms. The first-order chi connectivity index (χ1) is 10.8. The van der Waals surface area contributed by atoms with Crippen LogP contribution in [0.2, 0.25) is 0 Å². The molecule has 4 rings (SSSR count). The lowest BCUT2D eigenvalue weighted by atomic mass is 9.87. The second-order valence-corrected chi connectivity index (χ2v) is 7.68. The van der Waals surface area contributed by atoms with Crippen LogP contribution in [0.5, 0.6) is 0 Å². The maximum absolute atomic E-state index is 12.5. The fourth-order valence-corrected chi connectivity index (χ4v) is 5.07. The lowest BCUT2D eigenvalue weighted by Crippen LogP contribution is -2.39. The largest absolute Gasteiger partial charge is 0.353 e. The smallest absolute Gasteiger partial charge is 0.220 e. The molecule has 2 N–H and O–H groups in total. The van der Waals surface area contributed by atoms with Crippen molar-refractivity contribution in [1.82, 2.24) is 15.3 Å². The Labute approximate surface area is 132 Å². The molecule has 0 aromatic carbocycles. The van der Waals surface area contributed by atoms with Gasteiger partial charge in [0, 0.05) is 24.6 Å². The molecule has 0 radical (unpaired) electrons. The molecule has 1 aromatic heterocycles. The van der Waals surface area contributed by atoms with Crippen LogP contribution in [-0.4, -0.2) is 21.9 Å². The van der Waals surface area contributed by atoms with Crippen LogP contribution < -0.4 is 5.32 Å². The van der Waals surface area contributed by atoms with E-state index < -0.39 is 0 Å². The summed E-state index contributed by atoms with van der Waals surface area (Å²) in [6.07, 6.45) is 13.7. The Morgan fingerprint density at radius 1 is 1.27 bits per heavy atom. The number of carbonyl (C=O) groups is 1. The van der Waals surface area contributed by atoms with Gasteiger partial charge in [0.2, 0.25) is 5.91 Å². The second kappa shape index (κ2) is 6.05. The number of hydrogen-bond acceptors (Lipinski definition) is 2. The van der Waals surface area contributed by atoms with Crippen molar-refractivity contribution in [1.29, 1.82) is 0 Å². The number of H-pyrrole nitrogens is 1. The van der Waals surface area contributed by atoms with E-state index in [4.69, 9.17) is 0 Å². The molecular weight excluding hydrogens is 274 g/mol. The quantitative estimate of drug-likeness (QED) is 0.901. The van der Waals surface area contributed by atoms with Crippen LogP contribution in [0, 0.1) is 17.8 Å². The van der Waals surface area contributed by atoms with E-state index in [2.05, 4.69) is 15.3 Å². The Morgan fingerprint density at radius 3 is 3.14 bits per heavy atom. The van der Waals surface area contributed by atoms with E-state index in [1.165, 1.54) is 49.9 Å². The Kier molecular flexibility index (Phi) is 3.93. The molecule has 120 valence electrons. The summed E-state index contributed by atoms with van der Waals surface area (Å²) in [5, 5.41) is 3.29. The summed E-state index contributed by atoms with van der Waals surface area (Å²) in [7, 11) is 0. The number of hydrogen-bond donors (Lipinski definition) is 2. The molecule has 1 aromatic rings. The number of rotatable bonds is 3. The van der Waals surface area contributed by atoms with Crippen LogP contribution in [0.1, 0.15) is 62.8 Å². The minimum atomic E-state index is 0.282. The first-order valence-corrected chi connectivity index (χ1v) is 9.08. The van der Waals surface area contributed by atoms with Gasteiger partial charge < -0.3 is 10.3 Å². The van der Waals surface area contributed by atoms with Crippen molar-refractivity contribution in [3.05, 3.63) is 17.7 Å². The van der Waals surface area contributed by atoms with Gasteiger partial charge in [-0.1, -0.05) is 25.7 Å². The third-order valence-corrected chi connectivity index (χ3v) is 6.18. The van der Waals surface area contributed by atoms with Gasteiger partial charge in [0.15, 0.2) is 0 Å². The number of imidazole rings is 1. The third kappa shape index (κ3) is 2.92. The number of carbonyl (C=O) groups excluding carboxylic acids is 1. The second-order valence-electron chi connectivity index (χ2n) is 7.68. The molecule has 4 nitrogen and oxygen atoms in total. The molecule has 0 saturated heterocycles. The molecule has 2 saturated carbocycles. The van der Waals surface area contributed by atoms with Crippen molar-refractivity contribution < 1.29 is 4.79 Å². The number of aromatic amines is 1. The van der Waals surface area contributed by atoms with E-state index in [0.29, 0.717) is 12.0 Å². The van der Waals surface area contributed by atoms with Crippen LogP contribution in [0.25, 0.3) is 0 Å². The first-order valence-electron chi connectivity index (χ1n) is 9.08. The number of aromatic nitrogens is 2. The Balaban J connectivity index is 1.30. The van der Waals surface area contributed by atoms with E-state index in [1.54, 1.807) is 6.33 Å². The molecule has 1 unspecified atom stereocenters. The topological polar surface area (TPSA) is 57.8 Å². The fraction of sp³-hybridized carbons (Fsp3) is 0.778. The van der Waals surface area contributed by atoms with Crippen molar-refractivity contribution in [3.8, 4) is 0 Å². The molecule has 3 aliphatic rings. The van der Waals surface area contributed by atoms with Gasteiger partial charge in [0.05, 0.1) is 12.0 Å². The summed E-state index contributed by atoms with van der Waals surface area (Å²) in [4.78, 5) is 20.0. The highest BCUT2D eigenvalue weighted by molar-refractivity contribution is 5.76. The maximum atomic E-state index is 12.5. The molecule has 0 aliphatic heterocycles. The standard InChI is InChI=1S/C18H27N3O/c22-18(9-14-8-12-3-1-2-4-13(14)7-12)21-15-5-6-16-17(10-15)20-11-19-16/h11-15H,1-10H2,(H,19,20)(H,21,22)/t12-,13+,14-,15?/m1/s1. The van der Waals surface area contributed by atoms with E-state index in [-0.39, 0.29) is 5.91 Å². The normalized spacial score (nSPS) is 34.0. The van der Waals surface area contributed by atoms with E-state index in [1.807, 2.05) is 0 Å². The number of amides is 1. The fourth-order valence-electron chi connectivity index (χ4n) is 5.07. The van der Waals surface area contributed by atoms with Crippen LogP contribution in [0.4, 0.5) is 0 Å². The SMILES string of the molecule is O=C(C[C@H]1C[C@@H]2CCCC[C@H]1C2)NC1CCc2nc[nH]c2C1. The van der Waals surface area contributed by atoms with Crippen molar-refractivity contribution in [2.24, 2.45) is 17.8 Å². The van der Waals surface area contributed by atoms with Crippen molar-refractivity contribution in [2.75, 3.05) is 0 Å². The Morgan fingerprint density at radius 2 is 2.18 bits per heavy atom. The van der Waals surface area contributed by atoms with Gasteiger partial charge in [-0.15, -0.1) is 0 Å². The van der Waals surface area contributed by atoms with Gasteiger partial charge in [-0.2, -0.15) is 0 Å². The third-order valence-electron chi connectivity index (χ3n) is 6.18. The number of fused-ring (bicyclic) bond motifs is 3. The summed E-state index contributed by atoms with van der Waals surface area (Å²) >= 11 is 0. The van der Waals surface area contributed by atoms with Crippen LogP contribution >= 0.6 is 0 Å². The summed E-state index contributed by atoms with van der Waals surface area (Å²) in [6, 6.07) is 0.295. The minimum absolute atomic E-state index is 0.282. The van der Waals surface area contributed by atoms with Crippen molar-refractivity contribution in [2.45, 2.75) is 70.3 Å². The average molecular weight is 301 g/mol. The maximum Gasteiger partial charge on any atom is 0.220 e. The molecule has 2 fully saturated rings. The predicted octanol–water partition coefficient (Wildman–Crippen LogP) is 2.99. The molecule has 2 bridgehead atoms. The number of aryl methyl sites for hydroxylation is 1. The van der Waals surface area contributed by atoms with Gasteiger partial charge in [0.1, 0.15) is 0 Å². The highest BCUT2D eigenvalue weighted by atomic mass is 16.1. The zero-order valence-corrected chi connectivity index (χ0v) is 13.3. The molecular formula is C18H27N3O. The summed E-state index contributed by atoms with van der Waals surface area (Å²) in [6.45, 7) is 0. The van der Waals surface area contributed by atoms with Crippen molar-refractivity contribution >= 4 is 5.91 Å². The average Bonchev–Trinajstić information content (AvgIpc) is 3.01. The summed E-state index contributed by atoms with van der Waals surface area (Å²) < 4.78 is 0. The van der Waals surface area contributed by atoms with E-state index in [0.717, 1.165) is 37.5 Å². The lowest BCUT2D eigenvalue weighted by Gasteiger charge is -2.25. The lowest BCUT2D eigenvalue weighted by molar-refractivity contribution is -0.123.